The van der Waals surface area contributed by atoms with Gasteiger partial charge >= 0.3 is 0 Å². The van der Waals surface area contributed by atoms with Crippen LogP contribution in [0.5, 0.6) is 0 Å². The van der Waals surface area contributed by atoms with Crippen LogP contribution in [0.4, 0.5) is 0 Å². The number of aromatic nitrogens is 1. The van der Waals surface area contributed by atoms with Crippen molar-refractivity contribution in [1.29, 1.82) is 0 Å². The fourth-order valence-electron chi connectivity index (χ4n) is 2.91. The maximum atomic E-state index is 3.59. The van der Waals surface area contributed by atoms with Crippen LogP contribution in [-0.4, -0.2) is 23.0 Å². The maximum absolute atomic E-state index is 3.59. The molecular weight excluding hydrogens is 196 g/mol. The summed E-state index contributed by atoms with van der Waals surface area (Å²) in [6.45, 7) is 6.86. The van der Waals surface area contributed by atoms with Crippen molar-refractivity contribution in [1.82, 2.24) is 9.88 Å². The lowest BCUT2D eigenvalue weighted by molar-refractivity contribution is 0.207. The number of aromatic amines is 1. The van der Waals surface area contributed by atoms with Crippen molar-refractivity contribution in [3.8, 4) is 0 Å². The van der Waals surface area contributed by atoms with Crippen LogP contribution in [0.1, 0.15) is 31.1 Å². The van der Waals surface area contributed by atoms with Gasteiger partial charge < -0.3 is 4.98 Å². The number of nitrogens with one attached hydrogen (secondary N) is 1. The molecule has 1 atom stereocenters. The second-order valence-electron chi connectivity index (χ2n) is 4.62. The van der Waals surface area contributed by atoms with Gasteiger partial charge in [-0.1, -0.05) is 25.1 Å². The van der Waals surface area contributed by atoms with Gasteiger partial charge in [-0.2, -0.15) is 0 Å². The molecule has 1 aromatic carbocycles. The van der Waals surface area contributed by atoms with Crippen molar-refractivity contribution in [2.24, 2.45) is 0 Å². The largest absolute Gasteiger partial charge is 0.357 e. The lowest BCUT2D eigenvalue weighted by atomic mass is 9.98. The van der Waals surface area contributed by atoms with Crippen LogP contribution >= 0.6 is 0 Å². The summed E-state index contributed by atoms with van der Waals surface area (Å²) in [7, 11) is 0. The minimum atomic E-state index is 0.529. The lowest BCUT2D eigenvalue weighted by Gasteiger charge is -2.32. The van der Waals surface area contributed by atoms with Gasteiger partial charge in [0.25, 0.3) is 0 Å². The standard InChI is InChI=1S/C14H18N2/c1-3-16-9-8-12-11-6-4-5-7-13(11)15-14(12)10(16)2/h4-7,10,15H,3,8-9H2,1-2H3/t10-/m0/s1. The highest BCUT2D eigenvalue weighted by molar-refractivity contribution is 5.85. The minimum Gasteiger partial charge on any atom is -0.357 e. The van der Waals surface area contributed by atoms with E-state index < -0.39 is 0 Å². The zero-order chi connectivity index (χ0) is 11.1. The van der Waals surface area contributed by atoms with Crippen LogP contribution in [0, 0.1) is 0 Å². The molecule has 2 heteroatoms. The molecule has 0 unspecified atom stereocenters. The van der Waals surface area contributed by atoms with Crippen LogP contribution < -0.4 is 0 Å². The predicted octanol–water partition coefficient (Wildman–Crippen LogP) is 3.11. The van der Waals surface area contributed by atoms with Gasteiger partial charge in [0, 0.05) is 29.2 Å². The molecule has 2 heterocycles. The topological polar surface area (TPSA) is 19.0 Å². The average Bonchev–Trinajstić information content (AvgIpc) is 2.69. The summed E-state index contributed by atoms with van der Waals surface area (Å²) in [4.78, 5) is 6.11. The zero-order valence-corrected chi connectivity index (χ0v) is 9.96. The maximum Gasteiger partial charge on any atom is 0.0473 e. The third-order valence-electron chi connectivity index (χ3n) is 3.87. The second kappa shape index (κ2) is 3.63. The number of hydrogen-bond acceptors (Lipinski definition) is 1. The Labute approximate surface area is 96.3 Å². The van der Waals surface area contributed by atoms with Crippen molar-refractivity contribution in [2.45, 2.75) is 26.3 Å². The molecule has 0 saturated heterocycles. The fraction of sp³-hybridized carbons (Fsp3) is 0.429. The third-order valence-corrected chi connectivity index (χ3v) is 3.87. The summed E-state index contributed by atoms with van der Waals surface area (Å²) in [5.41, 5.74) is 4.25. The van der Waals surface area contributed by atoms with E-state index in [-0.39, 0.29) is 0 Å². The van der Waals surface area contributed by atoms with E-state index in [1.54, 1.807) is 0 Å². The molecule has 2 nitrogen and oxygen atoms in total. The smallest absolute Gasteiger partial charge is 0.0473 e. The van der Waals surface area contributed by atoms with E-state index in [1.165, 1.54) is 35.1 Å². The molecule has 1 N–H and O–H groups in total. The number of fused-ring (bicyclic) bond motifs is 3. The van der Waals surface area contributed by atoms with E-state index in [0.29, 0.717) is 6.04 Å². The van der Waals surface area contributed by atoms with Crippen LogP contribution in [-0.2, 0) is 6.42 Å². The monoisotopic (exact) mass is 214 g/mol. The first kappa shape index (κ1) is 9.91. The third kappa shape index (κ3) is 1.30. The predicted molar refractivity (Wildman–Crippen MR) is 67.7 cm³/mol. The molecule has 16 heavy (non-hydrogen) atoms. The van der Waals surface area contributed by atoms with E-state index in [0.717, 1.165) is 6.54 Å². The Morgan fingerprint density at radius 1 is 1.38 bits per heavy atom. The lowest BCUT2D eigenvalue weighted by Crippen LogP contribution is -2.33. The molecule has 0 spiro atoms. The van der Waals surface area contributed by atoms with E-state index in [1.807, 2.05) is 0 Å². The number of likely N-dealkylation sites (N-methyl/N-ethyl adjacent to an activating group) is 1. The van der Waals surface area contributed by atoms with Crippen LogP contribution in [0.15, 0.2) is 24.3 Å². The molecule has 2 aromatic rings. The van der Waals surface area contributed by atoms with Gasteiger partial charge in [-0.25, -0.2) is 0 Å². The number of hydrogen-bond donors (Lipinski definition) is 1. The SMILES string of the molecule is CCN1CCc2c([nH]c3ccccc23)[C@@H]1C. The van der Waals surface area contributed by atoms with E-state index in [4.69, 9.17) is 0 Å². The number of para-hydroxylation sites is 1. The van der Waals surface area contributed by atoms with Crippen molar-refractivity contribution in [3.05, 3.63) is 35.5 Å². The van der Waals surface area contributed by atoms with Crippen LogP contribution in [0.2, 0.25) is 0 Å². The molecule has 3 rings (SSSR count). The molecule has 0 fully saturated rings. The highest BCUT2D eigenvalue weighted by Crippen LogP contribution is 2.33. The molecule has 84 valence electrons. The fourth-order valence-corrected chi connectivity index (χ4v) is 2.91. The van der Waals surface area contributed by atoms with Gasteiger partial charge in [-0.3, -0.25) is 4.90 Å². The number of nitrogens with zero attached hydrogens (tertiary/aromatic N) is 1. The quantitative estimate of drug-likeness (QED) is 0.772. The molecule has 0 saturated carbocycles. The summed E-state index contributed by atoms with van der Waals surface area (Å²) in [5, 5.41) is 1.42. The first-order chi connectivity index (χ1) is 7.81. The Morgan fingerprint density at radius 3 is 3.00 bits per heavy atom. The summed E-state index contributed by atoms with van der Waals surface area (Å²) >= 11 is 0. The van der Waals surface area contributed by atoms with Crippen molar-refractivity contribution < 1.29 is 0 Å². The Morgan fingerprint density at radius 2 is 2.19 bits per heavy atom. The van der Waals surface area contributed by atoms with Gasteiger partial charge in [-0.15, -0.1) is 0 Å². The summed E-state index contributed by atoms with van der Waals surface area (Å²) in [6.07, 6.45) is 1.18. The van der Waals surface area contributed by atoms with Crippen molar-refractivity contribution in [2.75, 3.05) is 13.1 Å². The number of benzene rings is 1. The normalized spacial score (nSPS) is 21.2. The molecule has 0 amide bonds. The van der Waals surface area contributed by atoms with Crippen molar-refractivity contribution in [3.63, 3.8) is 0 Å². The number of rotatable bonds is 1. The highest BCUT2D eigenvalue weighted by Gasteiger charge is 2.25. The average molecular weight is 214 g/mol. The molecule has 1 aliphatic rings. The van der Waals surface area contributed by atoms with Crippen molar-refractivity contribution >= 4 is 10.9 Å². The molecule has 0 radical (unpaired) electrons. The second-order valence-corrected chi connectivity index (χ2v) is 4.62. The van der Waals surface area contributed by atoms with Gasteiger partial charge in [-0.05, 0) is 31.5 Å². The summed E-state index contributed by atoms with van der Waals surface area (Å²) in [5.74, 6) is 0. The molecular formula is C14H18N2. The first-order valence-corrected chi connectivity index (χ1v) is 6.14. The molecule has 0 aliphatic carbocycles. The summed E-state index contributed by atoms with van der Waals surface area (Å²) < 4.78 is 0. The Hall–Kier alpha value is -1.28. The Balaban J connectivity index is 2.17. The molecule has 1 aliphatic heterocycles. The molecule has 0 bridgehead atoms. The zero-order valence-electron chi connectivity index (χ0n) is 9.96. The first-order valence-electron chi connectivity index (χ1n) is 6.14. The van der Waals surface area contributed by atoms with Gasteiger partial charge in [0.2, 0.25) is 0 Å². The van der Waals surface area contributed by atoms with Crippen LogP contribution in [0.3, 0.4) is 0 Å². The number of H-pyrrole nitrogens is 1. The minimum absolute atomic E-state index is 0.529. The van der Waals surface area contributed by atoms with Crippen LogP contribution in [0.25, 0.3) is 10.9 Å². The Bertz CT molecular complexity index is 512. The Kier molecular flexibility index (Phi) is 2.25. The van der Waals surface area contributed by atoms with E-state index in [2.05, 4.69) is 48.0 Å². The highest BCUT2D eigenvalue weighted by atomic mass is 15.2. The van der Waals surface area contributed by atoms with Gasteiger partial charge in [0.1, 0.15) is 0 Å². The van der Waals surface area contributed by atoms with E-state index in [9.17, 15) is 0 Å². The van der Waals surface area contributed by atoms with Gasteiger partial charge in [0.15, 0.2) is 0 Å². The summed E-state index contributed by atoms with van der Waals surface area (Å²) in [6, 6.07) is 9.18. The van der Waals surface area contributed by atoms with E-state index >= 15 is 0 Å². The molecule has 1 aromatic heterocycles. The van der Waals surface area contributed by atoms with Gasteiger partial charge in [0.05, 0.1) is 0 Å².